The minimum absolute atomic E-state index is 0.190. The number of epoxide rings is 1. The van der Waals surface area contributed by atoms with Crippen molar-refractivity contribution in [1.29, 1.82) is 0 Å². The summed E-state index contributed by atoms with van der Waals surface area (Å²) in [7, 11) is 0. The average Bonchev–Trinajstić information content (AvgIpc) is 2.67. The zero-order valence-corrected chi connectivity index (χ0v) is 7.70. The molecule has 1 fully saturated rings. The van der Waals surface area contributed by atoms with Gasteiger partial charge in [-0.15, -0.1) is 0 Å². The first-order valence-corrected chi connectivity index (χ1v) is 3.83. The molecule has 1 unspecified atom stereocenters. The van der Waals surface area contributed by atoms with Crippen molar-refractivity contribution in [3.05, 3.63) is 0 Å². The summed E-state index contributed by atoms with van der Waals surface area (Å²) < 4.78 is 4.61. The van der Waals surface area contributed by atoms with Crippen LogP contribution in [0.3, 0.4) is 0 Å². The van der Waals surface area contributed by atoms with Gasteiger partial charge in [0.2, 0.25) is 0 Å². The quantitative estimate of drug-likeness (QED) is 0.570. The molecule has 2 N–H and O–H groups in total. The predicted molar refractivity (Wildman–Crippen MR) is 43.9 cm³/mol. The highest BCUT2D eigenvalue weighted by Crippen LogP contribution is 2.11. The van der Waals surface area contributed by atoms with Crippen LogP contribution in [-0.4, -0.2) is 35.5 Å². The van der Waals surface area contributed by atoms with Gasteiger partial charge in [-0.3, -0.25) is 4.79 Å². The molecule has 1 atom stereocenters. The minimum Gasteiger partial charge on any atom is -0.481 e. The first-order valence-electron chi connectivity index (χ1n) is 3.83. The highest BCUT2D eigenvalue weighted by molar-refractivity contribution is 5.72. The molecular formula is C8H16O4. The molecule has 0 aromatic rings. The lowest BCUT2D eigenvalue weighted by Gasteiger charge is -2.08. The van der Waals surface area contributed by atoms with Gasteiger partial charge < -0.3 is 14.9 Å². The maximum atomic E-state index is 10.0. The van der Waals surface area contributed by atoms with Crippen molar-refractivity contribution < 1.29 is 19.7 Å². The van der Waals surface area contributed by atoms with Crippen molar-refractivity contribution in [1.82, 2.24) is 0 Å². The lowest BCUT2D eigenvalue weighted by molar-refractivity contribution is -0.145. The van der Waals surface area contributed by atoms with E-state index in [1.807, 2.05) is 0 Å². The average molecular weight is 176 g/mol. The van der Waals surface area contributed by atoms with Gasteiger partial charge in [0.25, 0.3) is 0 Å². The molecule has 0 aliphatic carbocycles. The number of rotatable bonds is 1. The summed E-state index contributed by atoms with van der Waals surface area (Å²) in [6.45, 7) is 5.94. The van der Waals surface area contributed by atoms with E-state index in [1.165, 1.54) is 0 Å². The van der Waals surface area contributed by atoms with Gasteiger partial charge in [-0.25, -0.2) is 0 Å². The van der Waals surface area contributed by atoms with E-state index >= 15 is 0 Å². The van der Waals surface area contributed by atoms with Crippen LogP contribution in [0.5, 0.6) is 0 Å². The van der Waals surface area contributed by atoms with Crippen LogP contribution in [0.2, 0.25) is 0 Å². The first-order chi connectivity index (χ1) is 5.38. The second-order valence-corrected chi connectivity index (χ2v) is 3.69. The molecule has 1 aliphatic heterocycles. The third-order valence-corrected chi connectivity index (χ3v) is 1.25. The van der Waals surface area contributed by atoms with Crippen molar-refractivity contribution in [2.45, 2.75) is 26.9 Å². The second kappa shape index (κ2) is 4.42. The number of carboxylic acids is 1. The third-order valence-electron chi connectivity index (χ3n) is 1.25. The topological polar surface area (TPSA) is 70.1 Å². The third kappa shape index (κ3) is 6.12. The molecule has 1 heterocycles. The molecule has 1 saturated heterocycles. The van der Waals surface area contributed by atoms with Crippen LogP contribution in [-0.2, 0) is 9.53 Å². The number of carboxylic acid groups (broad SMARTS) is 1. The number of aliphatic hydroxyl groups is 1. The smallest absolute Gasteiger partial charge is 0.308 e. The molecule has 1 aliphatic rings. The van der Waals surface area contributed by atoms with Gasteiger partial charge in [0.15, 0.2) is 0 Å². The maximum Gasteiger partial charge on any atom is 0.308 e. The Bertz CT molecular complexity index is 144. The Kier molecular flexibility index (Phi) is 4.20. The molecule has 0 radical (unpaired) electrons. The van der Waals surface area contributed by atoms with Crippen molar-refractivity contribution >= 4 is 5.97 Å². The molecule has 0 aromatic carbocycles. The Balaban J connectivity index is 0.000000211. The molecule has 4 heteroatoms. The van der Waals surface area contributed by atoms with E-state index in [0.717, 1.165) is 6.61 Å². The van der Waals surface area contributed by atoms with Gasteiger partial charge in [-0.2, -0.15) is 0 Å². The number of aliphatic hydroxyl groups excluding tert-OH is 1. The lowest BCUT2D eigenvalue weighted by Crippen LogP contribution is -2.18. The summed E-state index contributed by atoms with van der Waals surface area (Å²) in [6.07, 6.45) is 0.190. The first kappa shape index (κ1) is 11.4. The highest BCUT2D eigenvalue weighted by Gasteiger charge is 2.19. The largest absolute Gasteiger partial charge is 0.481 e. The Morgan fingerprint density at radius 3 is 1.92 bits per heavy atom. The van der Waals surface area contributed by atoms with Crippen molar-refractivity contribution in [2.75, 3.05) is 13.2 Å². The van der Waals surface area contributed by atoms with Crippen LogP contribution in [0.25, 0.3) is 0 Å². The zero-order valence-electron chi connectivity index (χ0n) is 7.70. The van der Waals surface area contributed by atoms with Crippen molar-refractivity contribution in [3.8, 4) is 0 Å². The number of carbonyl (C=O) groups is 1. The molecule has 0 saturated carbocycles. The van der Waals surface area contributed by atoms with E-state index in [0.29, 0.717) is 0 Å². The fourth-order valence-electron chi connectivity index (χ4n) is 0.173. The van der Waals surface area contributed by atoms with E-state index < -0.39 is 11.4 Å². The van der Waals surface area contributed by atoms with Crippen LogP contribution in [0.15, 0.2) is 0 Å². The van der Waals surface area contributed by atoms with E-state index in [4.69, 9.17) is 10.2 Å². The van der Waals surface area contributed by atoms with E-state index in [-0.39, 0.29) is 12.7 Å². The fraction of sp³-hybridized carbons (Fsp3) is 0.875. The summed E-state index contributed by atoms with van der Waals surface area (Å²) >= 11 is 0. The molecular weight excluding hydrogens is 160 g/mol. The molecule has 0 amide bonds. The van der Waals surface area contributed by atoms with Crippen LogP contribution in [0.4, 0.5) is 0 Å². The summed E-state index contributed by atoms with van der Waals surface area (Å²) in [5, 5.41) is 16.3. The molecule has 0 bridgehead atoms. The summed E-state index contributed by atoms with van der Waals surface area (Å²) in [5.41, 5.74) is -0.583. The van der Waals surface area contributed by atoms with Crippen LogP contribution in [0.1, 0.15) is 20.8 Å². The summed E-state index contributed by atoms with van der Waals surface area (Å²) in [5.74, 6) is -0.757. The highest BCUT2D eigenvalue weighted by atomic mass is 16.6. The number of hydrogen-bond acceptors (Lipinski definition) is 3. The molecule has 12 heavy (non-hydrogen) atoms. The summed E-state index contributed by atoms with van der Waals surface area (Å²) in [4.78, 5) is 10.0. The Morgan fingerprint density at radius 1 is 1.58 bits per heavy atom. The predicted octanol–water partition coefficient (Wildman–Crippen LogP) is 0.495. The zero-order chi connectivity index (χ0) is 9.78. The molecule has 0 aromatic heterocycles. The Labute approximate surface area is 72.2 Å². The standard InChI is InChI=1S/C5H10O2.C3H6O2/c1-5(2,3)4(6)7;4-1-3-2-5-3/h1-3H3,(H,6,7);3-4H,1-2H2. The fourth-order valence-corrected chi connectivity index (χ4v) is 0.173. The van der Waals surface area contributed by atoms with Gasteiger partial charge in [-0.05, 0) is 20.8 Å². The summed E-state index contributed by atoms with van der Waals surface area (Å²) in [6, 6.07) is 0. The van der Waals surface area contributed by atoms with Gasteiger partial charge in [0.05, 0.1) is 18.6 Å². The van der Waals surface area contributed by atoms with Gasteiger partial charge in [0, 0.05) is 0 Å². The van der Waals surface area contributed by atoms with Crippen molar-refractivity contribution in [2.24, 2.45) is 5.41 Å². The van der Waals surface area contributed by atoms with Crippen molar-refractivity contribution in [3.63, 3.8) is 0 Å². The lowest BCUT2D eigenvalue weighted by atomic mass is 9.98. The van der Waals surface area contributed by atoms with E-state index in [1.54, 1.807) is 20.8 Å². The number of hydrogen-bond donors (Lipinski definition) is 2. The monoisotopic (exact) mass is 176 g/mol. The van der Waals surface area contributed by atoms with Crippen LogP contribution >= 0.6 is 0 Å². The normalized spacial score (nSPS) is 20.8. The molecule has 4 nitrogen and oxygen atoms in total. The van der Waals surface area contributed by atoms with Gasteiger partial charge >= 0.3 is 5.97 Å². The van der Waals surface area contributed by atoms with Crippen LogP contribution in [0, 0.1) is 5.41 Å². The Hall–Kier alpha value is -0.610. The minimum atomic E-state index is -0.757. The molecule has 72 valence electrons. The number of ether oxygens (including phenoxy) is 1. The van der Waals surface area contributed by atoms with E-state index in [9.17, 15) is 4.79 Å². The second-order valence-electron chi connectivity index (χ2n) is 3.69. The van der Waals surface area contributed by atoms with Gasteiger partial charge in [-0.1, -0.05) is 0 Å². The maximum absolute atomic E-state index is 10.0. The molecule has 1 rings (SSSR count). The Morgan fingerprint density at radius 2 is 1.92 bits per heavy atom. The SMILES string of the molecule is CC(C)(C)C(=O)O.OCC1CO1. The van der Waals surface area contributed by atoms with E-state index in [2.05, 4.69) is 4.74 Å². The van der Waals surface area contributed by atoms with Crippen LogP contribution < -0.4 is 0 Å². The number of aliphatic carboxylic acids is 1. The molecule has 0 spiro atoms. The van der Waals surface area contributed by atoms with Gasteiger partial charge in [0.1, 0.15) is 6.10 Å².